The number of para-hydroxylation sites is 1. The number of halogens is 1. The number of Topliss-reactive ketones (excluding diaryl/α,β-unsaturated/α-hetero) is 1. The maximum Gasteiger partial charge on any atom is 0.256 e. The zero-order valence-corrected chi connectivity index (χ0v) is 7.63. The number of carbonyl (C=O) groups excluding carboxylic acids is 2. The van der Waals surface area contributed by atoms with Gasteiger partial charge in [0.05, 0.1) is 11.1 Å². The van der Waals surface area contributed by atoms with Crippen LogP contribution in [0.15, 0.2) is 18.2 Å². The number of hydrogen-bond donors (Lipinski definition) is 1. The molecule has 1 N–H and O–H groups in total. The molecule has 1 aromatic rings. The first-order chi connectivity index (χ1) is 6.04. The lowest BCUT2D eigenvalue weighted by atomic mass is 10.1. The van der Waals surface area contributed by atoms with Crippen molar-refractivity contribution in [3.05, 3.63) is 29.3 Å². The molecule has 1 rings (SSSR count). The molecule has 3 nitrogen and oxygen atoms in total. The van der Waals surface area contributed by atoms with E-state index in [0.29, 0.717) is 0 Å². The van der Waals surface area contributed by atoms with Gasteiger partial charge in [0, 0.05) is 0 Å². The molecular formula is C9H7ClO3. The molecule has 0 saturated heterocycles. The van der Waals surface area contributed by atoms with Crippen LogP contribution in [0.5, 0.6) is 5.75 Å². The summed E-state index contributed by atoms with van der Waals surface area (Å²) in [6.07, 6.45) is 0. The van der Waals surface area contributed by atoms with Gasteiger partial charge in [-0.05, 0) is 30.7 Å². The Hall–Kier alpha value is -1.35. The maximum absolute atomic E-state index is 10.9. The molecule has 0 radical (unpaired) electrons. The molecule has 4 heteroatoms. The number of carbonyl (C=O) groups is 2. The van der Waals surface area contributed by atoms with Crippen LogP contribution in [-0.2, 0) is 0 Å². The minimum atomic E-state index is -0.777. The number of phenolic OH excluding ortho intramolecular Hbond substituents is 1. The molecule has 0 saturated carbocycles. The topological polar surface area (TPSA) is 54.4 Å². The molecule has 0 bridgehead atoms. The van der Waals surface area contributed by atoms with Gasteiger partial charge in [-0.25, -0.2) is 0 Å². The molecule has 68 valence electrons. The molecule has 1 aromatic carbocycles. The zero-order valence-electron chi connectivity index (χ0n) is 6.87. The predicted molar refractivity (Wildman–Crippen MR) is 48.3 cm³/mol. The van der Waals surface area contributed by atoms with E-state index in [1.807, 2.05) is 0 Å². The third-order valence-electron chi connectivity index (χ3n) is 1.63. The van der Waals surface area contributed by atoms with Gasteiger partial charge in [-0.2, -0.15) is 0 Å². The quantitative estimate of drug-likeness (QED) is 0.584. The summed E-state index contributed by atoms with van der Waals surface area (Å²) in [6.45, 7) is 1.30. The highest BCUT2D eigenvalue weighted by atomic mass is 35.5. The predicted octanol–water partition coefficient (Wildman–Crippen LogP) is 1.97. The molecule has 13 heavy (non-hydrogen) atoms. The molecule has 0 aliphatic heterocycles. The van der Waals surface area contributed by atoms with Crippen LogP contribution in [0.1, 0.15) is 27.6 Å². The van der Waals surface area contributed by atoms with Crippen LogP contribution in [0.3, 0.4) is 0 Å². The molecule has 0 unspecified atom stereocenters. The minimum Gasteiger partial charge on any atom is -0.506 e. The number of aromatic hydroxyl groups is 1. The van der Waals surface area contributed by atoms with E-state index in [0.717, 1.165) is 0 Å². The highest BCUT2D eigenvalue weighted by Crippen LogP contribution is 2.23. The van der Waals surface area contributed by atoms with E-state index in [-0.39, 0.29) is 22.7 Å². The Morgan fingerprint density at radius 3 is 2.31 bits per heavy atom. The van der Waals surface area contributed by atoms with Crippen molar-refractivity contribution in [2.24, 2.45) is 0 Å². The average molecular weight is 199 g/mol. The Kier molecular flexibility index (Phi) is 2.68. The second kappa shape index (κ2) is 3.58. The largest absolute Gasteiger partial charge is 0.506 e. The fraction of sp³-hybridized carbons (Fsp3) is 0.111. The number of phenols is 1. The maximum atomic E-state index is 10.9. The van der Waals surface area contributed by atoms with Crippen LogP contribution in [0.4, 0.5) is 0 Å². The van der Waals surface area contributed by atoms with Gasteiger partial charge in [0.2, 0.25) is 0 Å². The van der Waals surface area contributed by atoms with Crippen molar-refractivity contribution in [1.82, 2.24) is 0 Å². The standard InChI is InChI=1S/C9H7ClO3/c1-5(11)6-3-2-4-7(8(6)12)9(10)13/h2-4,12H,1H3. The smallest absolute Gasteiger partial charge is 0.256 e. The SMILES string of the molecule is CC(=O)c1cccc(C(=O)Cl)c1O. The first-order valence-corrected chi connectivity index (χ1v) is 3.94. The number of benzene rings is 1. The summed E-state index contributed by atoms with van der Waals surface area (Å²) in [5, 5.41) is 8.63. The summed E-state index contributed by atoms with van der Waals surface area (Å²) in [5.41, 5.74) is 0.0564. The second-order valence-electron chi connectivity index (χ2n) is 2.53. The van der Waals surface area contributed by atoms with Gasteiger partial charge in [0.25, 0.3) is 5.24 Å². The Morgan fingerprint density at radius 1 is 1.31 bits per heavy atom. The van der Waals surface area contributed by atoms with Gasteiger partial charge in [0.15, 0.2) is 5.78 Å². The van der Waals surface area contributed by atoms with Gasteiger partial charge in [0.1, 0.15) is 5.75 Å². The first-order valence-electron chi connectivity index (χ1n) is 3.56. The van der Waals surface area contributed by atoms with Crippen LogP contribution < -0.4 is 0 Å². The normalized spacial score (nSPS) is 9.69. The van der Waals surface area contributed by atoms with Crippen LogP contribution in [0.25, 0.3) is 0 Å². The summed E-state index contributed by atoms with van der Waals surface area (Å²) in [4.78, 5) is 21.7. The van der Waals surface area contributed by atoms with Crippen molar-refractivity contribution in [2.45, 2.75) is 6.92 Å². The fourth-order valence-electron chi connectivity index (χ4n) is 0.986. The third-order valence-corrected chi connectivity index (χ3v) is 1.83. The molecule has 0 heterocycles. The lowest BCUT2D eigenvalue weighted by Crippen LogP contribution is -1.97. The van der Waals surface area contributed by atoms with Crippen molar-refractivity contribution in [3.8, 4) is 5.75 Å². The number of hydrogen-bond acceptors (Lipinski definition) is 3. The molecule has 0 fully saturated rings. The molecular weight excluding hydrogens is 192 g/mol. The van der Waals surface area contributed by atoms with Crippen molar-refractivity contribution in [2.75, 3.05) is 0 Å². The molecule has 0 aliphatic rings. The zero-order chi connectivity index (χ0) is 10.0. The summed E-state index contributed by atoms with van der Waals surface area (Å²) < 4.78 is 0. The fourth-order valence-corrected chi connectivity index (χ4v) is 1.14. The first kappa shape index (κ1) is 9.74. The molecule has 0 atom stereocenters. The summed E-state index contributed by atoms with van der Waals surface area (Å²) in [7, 11) is 0. The number of ketones is 1. The van der Waals surface area contributed by atoms with Crippen LogP contribution in [0, 0.1) is 0 Å². The van der Waals surface area contributed by atoms with Crippen LogP contribution in [0.2, 0.25) is 0 Å². The van der Waals surface area contributed by atoms with Gasteiger partial charge >= 0.3 is 0 Å². The Morgan fingerprint density at radius 2 is 1.85 bits per heavy atom. The van der Waals surface area contributed by atoms with Crippen LogP contribution in [-0.4, -0.2) is 16.1 Å². The molecule has 0 amide bonds. The van der Waals surface area contributed by atoms with Crippen molar-refractivity contribution >= 4 is 22.6 Å². The Balaban J connectivity index is 3.35. The summed E-state index contributed by atoms with van der Waals surface area (Å²) >= 11 is 5.17. The van der Waals surface area contributed by atoms with E-state index in [1.54, 1.807) is 0 Å². The Bertz CT molecular complexity index is 339. The van der Waals surface area contributed by atoms with Gasteiger partial charge in [-0.3, -0.25) is 9.59 Å². The Labute approximate surface area is 79.9 Å². The second-order valence-corrected chi connectivity index (χ2v) is 2.87. The monoisotopic (exact) mass is 198 g/mol. The van der Waals surface area contributed by atoms with E-state index in [2.05, 4.69) is 0 Å². The average Bonchev–Trinajstić information content (AvgIpc) is 2.03. The van der Waals surface area contributed by atoms with Crippen LogP contribution >= 0.6 is 11.6 Å². The van der Waals surface area contributed by atoms with E-state index in [4.69, 9.17) is 11.6 Å². The summed E-state index contributed by atoms with van der Waals surface area (Å²) in [5.74, 6) is -0.660. The third kappa shape index (κ3) is 1.87. The van der Waals surface area contributed by atoms with E-state index < -0.39 is 5.24 Å². The number of rotatable bonds is 2. The molecule has 0 spiro atoms. The minimum absolute atomic E-state index is 0.0469. The van der Waals surface area contributed by atoms with Gasteiger partial charge in [-0.1, -0.05) is 6.07 Å². The van der Waals surface area contributed by atoms with E-state index in [9.17, 15) is 14.7 Å². The molecule has 0 aromatic heterocycles. The van der Waals surface area contributed by atoms with Crippen molar-refractivity contribution in [1.29, 1.82) is 0 Å². The van der Waals surface area contributed by atoms with Gasteiger partial charge < -0.3 is 5.11 Å². The van der Waals surface area contributed by atoms with E-state index >= 15 is 0 Å². The summed E-state index contributed by atoms with van der Waals surface area (Å²) in [6, 6.07) is 4.28. The van der Waals surface area contributed by atoms with Gasteiger partial charge in [-0.15, -0.1) is 0 Å². The van der Waals surface area contributed by atoms with Crippen molar-refractivity contribution in [3.63, 3.8) is 0 Å². The highest BCUT2D eigenvalue weighted by molar-refractivity contribution is 6.68. The lowest BCUT2D eigenvalue weighted by Gasteiger charge is -2.02. The lowest BCUT2D eigenvalue weighted by molar-refractivity contribution is 0.101. The van der Waals surface area contributed by atoms with E-state index in [1.165, 1.54) is 25.1 Å². The highest BCUT2D eigenvalue weighted by Gasteiger charge is 2.13. The molecule has 0 aliphatic carbocycles. The van der Waals surface area contributed by atoms with Crippen molar-refractivity contribution < 1.29 is 14.7 Å².